The number of aryl methyl sites for hydroxylation is 1. The van der Waals surface area contributed by atoms with Crippen LogP contribution in [-0.4, -0.2) is 22.2 Å². The Morgan fingerprint density at radius 2 is 2.08 bits per heavy atom. The lowest BCUT2D eigenvalue weighted by Crippen LogP contribution is -2.18. The van der Waals surface area contributed by atoms with Crippen molar-refractivity contribution in [3.05, 3.63) is 83.6 Å². The summed E-state index contributed by atoms with van der Waals surface area (Å²) in [6.45, 7) is 5.51. The molecule has 0 spiro atoms. The first-order chi connectivity index (χ1) is 12.6. The third kappa shape index (κ3) is 3.62. The molecule has 2 aromatic carbocycles. The molecule has 0 unspecified atom stereocenters. The number of aromatic hydroxyl groups is 1. The zero-order valence-corrected chi connectivity index (χ0v) is 14.4. The highest BCUT2D eigenvalue weighted by Gasteiger charge is 2.11. The molecule has 0 saturated heterocycles. The number of aromatic nitrogens is 1. The van der Waals surface area contributed by atoms with Gasteiger partial charge in [-0.15, -0.1) is 6.58 Å². The molecule has 26 heavy (non-hydrogen) atoms. The molecule has 0 radical (unpaired) electrons. The molecule has 5 heteroatoms. The zero-order valence-electron chi connectivity index (χ0n) is 14.4. The second kappa shape index (κ2) is 7.61. The highest BCUT2D eigenvalue weighted by atomic mass is 16.3. The van der Waals surface area contributed by atoms with Crippen LogP contribution in [0.25, 0.3) is 10.9 Å². The van der Waals surface area contributed by atoms with Gasteiger partial charge in [-0.25, -0.2) is 5.43 Å². The molecule has 0 saturated carbocycles. The fourth-order valence-corrected chi connectivity index (χ4v) is 2.75. The predicted molar refractivity (Wildman–Crippen MR) is 104 cm³/mol. The number of carbonyl (C=O) groups is 1. The van der Waals surface area contributed by atoms with Crippen molar-refractivity contribution in [1.29, 1.82) is 0 Å². The Balaban J connectivity index is 1.83. The Kier molecular flexibility index (Phi) is 5.08. The van der Waals surface area contributed by atoms with Crippen LogP contribution in [0.1, 0.15) is 27.2 Å². The van der Waals surface area contributed by atoms with Gasteiger partial charge in [0.15, 0.2) is 0 Å². The van der Waals surface area contributed by atoms with Gasteiger partial charge in [-0.3, -0.25) is 9.78 Å². The van der Waals surface area contributed by atoms with Crippen molar-refractivity contribution in [2.75, 3.05) is 0 Å². The van der Waals surface area contributed by atoms with Crippen LogP contribution in [-0.2, 0) is 6.42 Å². The third-order valence-corrected chi connectivity index (χ3v) is 3.97. The minimum Gasteiger partial charge on any atom is -0.507 e. The first-order valence-electron chi connectivity index (χ1n) is 8.21. The van der Waals surface area contributed by atoms with E-state index in [1.54, 1.807) is 18.2 Å². The number of allylic oxidation sites excluding steroid dienone is 1. The highest BCUT2D eigenvalue weighted by molar-refractivity contribution is 6.06. The van der Waals surface area contributed by atoms with Gasteiger partial charge in [0.05, 0.1) is 17.3 Å². The number of phenolic OH excluding ortho intramolecular Hbond substituents is 1. The second-order valence-electron chi connectivity index (χ2n) is 5.88. The number of pyridine rings is 1. The SMILES string of the molecule is C=CCc1cccc(C=NNC(=O)c2cc(C)nc3ccccc23)c1O. The Morgan fingerprint density at radius 1 is 1.27 bits per heavy atom. The Labute approximate surface area is 151 Å². The number of hydrogen-bond donors (Lipinski definition) is 2. The summed E-state index contributed by atoms with van der Waals surface area (Å²) in [5.41, 5.74) is 5.83. The quantitative estimate of drug-likeness (QED) is 0.420. The van der Waals surface area contributed by atoms with Crippen molar-refractivity contribution in [3.63, 3.8) is 0 Å². The van der Waals surface area contributed by atoms with Crippen molar-refractivity contribution >= 4 is 23.0 Å². The molecule has 5 nitrogen and oxygen atoms in total. The number of fused-ring (bicyclic) bond motifs is 1. The number of rotatable bonds is 5. The number of carbonyl (C=O) groups excluding carboxylic acids is 1. The number of nitrogens with one attached hydrogen (secondary N) is 1. The normalized spacial score (nSPS) is 11.0. The summed E-state index contributed by atoms with van der Waals surface area (Å²) >= 11 is 0. The first-order valence-corrected chi connectivity index (χ1v) is 8.21. The second-order valence-corrected chi connectivity index (χ2v) is 5.88. The lowest BCUT2D eigenvalue weighted by molar-refractivity contribution is 0.0956. The number of nitrogens with zero attached hydrogens (tertiary/aromatic N) is 2. The molecule has 0 bridgehead atoms. The van der Waals surface area contributed by atoms with E-state index in [4.69, 9.17) is 0 Å². The van der Waals surface area contributed by atoms with E-state index in [0.717, 1.165) is 22.2 Å². The molecule has 2 N–H and O–H groups in total. The number of phenols is 1. The van der Waals surface area contributed by atoms with E-state index < -0.39 is 0 Å². The Morgan fingerprint density at radius 3 is 2.88 bits per heavy atom. The van der Waals surface area contributed by atoms with Crippen LogP contribution in [0.5, 0.6) is 5.75 Å². The molecular weight excluding hydrogens is 326 g/mol. The Bertz CT molecular complexity index is 1010. The summed E-state index contributed by atoms with van der Waals surface area (Å²) < 4.78 is 0. The van der Waals surface area contributed by atoms with Crippen LogP contribution in [0, 0.1) is 6.92 Å². The van der Waals surface area contributed by atoms with Gasteiger partial charge in [0, 0.05) is 16.6 Å². The summed E-state index contributed by atoms with van der Waals surface area (Å²) in [6.07, 6.45) is 3.70. The summed E-state index contributed by atoms with van der Waals surface area (Å²) in [7, 11) is 0. The monoisotopic (exact) mass is 345 g/mol. The van der Waals surface area contributed by atoms with Crippen LogP contribution >= 0.6 is 0 Å². The lowest BCUT2D eigenvalue weighted by Gasteiger charge is -2.07. The summed E-state index contributed by atoms with van der Waals surface area (Å²) in [4.78, 5) is 17.0. The first kappa shape index (κ1) is 17.4. The molecule has 130 valence electrons. The maximum Gasteiger partial charge on any atom is 0.272 e. The van der Waals surface area contributed by atoms with E-state index in [-0.39, 0.29) is 11.7 Å². The van der Waals surface area contributed by atoms with Crippen LogP contribution in [0.3, 0.4) is 0 Å². The molecule has 1 heterocycles. The number of amides is 1. The number of hydrazone groups is 1. The zero-order chi connectivity index (χ0) is 18.5. The van der Waals surface area contributed by atoms with Gasteiger partial charge < -0.3 is 5.11 Å². The number of benzene rings is 2. The van der Waals surface area contributed by atoms with Gasteiger partial charge in [0.1, 0.15) is 5.75 Å². The van der Waals surface area contributed by atoms with E-state index in [1.807, 2.05) is 43.3 Å². The minimum atomic E-state index is -0.329. The molecule has 0 atom stereocenters. The summed E-state index contributed by atoms with van der Waals surface area (Å²) in [6, 6.07) is 14.6. The van der Waals surface area contributed by atoms with Gasteiger partial charge in [0.2, 0.25) is 0 Å². The summed E-state index contributed by atoms with van der Waals surface area (Å²) in [5.74, 6) is -0.194. The molecule has 1 amide bonds. The summed E-state index contributed by atoms with van der Waals surface area (Å²) in [5, 5.41) is 15.0. The molecule has 0 aliphatic carbocycles. The molecule has 1 aromatic heterocycles. The van der Waals surface area contributed by atoms with Gasteiger partial charge >= 0.3 is 0 Å². The van der Waals surface area contributed by atoms with Gasteiger partial charge in [0.25, 0.3) is 5.91 Å². The van der Waals surface area contributed by atoms with E-state index >= 15 is 0 Å². The van der Waals surface area contributed by atoms with E-state index in [9.17, 15) is 9.90 Å². The molecule has 3 aromatic rings. The number of hydrogen-bond acceptors (Lipinski definition) is 4. The lowest BCUT2D eigenvalue weighted by atomic mass is 10.1. The average Bonchev–Trinajstić information content (AvgIpc) is 2.64. The fraction of sp³-hybridized carbons (Fsp3) is 0.0952. The smallest absolute Gasteiger partial charge is 0.272 e. The van der Waals surface area contributed by atoms with E-state index in [1.165, 1.54) is 6.21 Å². The van der Waals surface area contributed by atoms with Gasteiger partial charge in [-0.1, -0.05) is 36.4 Å². The van der Waals surface area contributed by atoms with Crippen LogP contribution < -0.4 is 5.43 Å². The highest BCUT2D eigenvalue weighted by Crippen LogP contribution is 2.22. The standard InChI is InChI=1S/C21H19N3O2/c1-3-7-15-8-6-9-16(20(15)25)13-22-24-21(26)18-12-14(2)23-19-11-5-4-10-17(18)19/h3-6,8-13,25H,1,7H2,2H3,(H,24,26). The maximum atomic E-state index is 12.5. The van der Waals surface area contributed by atoms with Crippen molar-refractivity contribution in [2.24, 2.45) is 5.10 Å². The molecule has 3 rings (SSSR count). The minimum absolute atomic E-state index is 0.135. The van der Waals surface area contributed by atoms with Crippen LogP contribution in [0.4, 0.5) is 0 Å². The van der Waals surface area contributed by atoms with Gasteiger partial charge in [-0.2, -0.15) is 5.10 Å². The van der Waals surface area contributed by atoms with Crippen molar-refractivity contribution in [2.45, 2.75) is 13.3 Å². The molecule has 0 fully saturated rings. The van der Waals surface area contributed by atoms with E-state index in [2.05, 4.69) is 22.1 Å². The predicted octanol–water partition coefficient (Wildman–Crippen LogP) is 3.74. The average molecular weight is 345 g/mol. The molecular formula is C21H19N3O2. The van der Waals surface area contributed by atoms with E-state index in [0.29, 0.717) is 17.5 Å². The van der Waals surface area contributed by atoms with Crippen molar-refractivity contribution in [1.82, 2.24) is 10.4 Å². The third-order valence-electron chi connectivity index (χ3n) is 3.97. The Hall–Kier alpha value is -3.47. The maximum absolute atomic E-state index is 12.5. The largest absolute Gasteiger partial charge is 0.507 e. The number of para-hydroxylation sites is 2. The van der Waals surface area contributed by atoms with Crippen LogP contribution in [0.2, 0.25) is 0 Å². The van der Waals surface area contributed by atoms with Gasteiger partial charge in [-0.05, 0) is 37.1 Å². The van der Waals surface area contributed by atoms with Crippen molar-refractivity contribution in [3.8, 4) is 5.75 Å². The fourth-order valence-electron chi connectivity index (χ4n) is 2.75. The topological polar surface area (TPSA) is 74.6 Å². The molecule has 0 aliphatic rings. The van der Waals surface area contributed by atoms with Crippen LogP contribution in [0.15, 0.2) is 66.3 Å². The van der Waals surface area contributed by atoms with Crippen molar-refractivity contribution < 1.29 is 9.90 Å². The molecule has 0 aliphatic heterocycles.